The molecular weight excluding hydrogens is 618 g/mol. The summed E-state index contributed by atoms with van der Waals surface area (Å²) in [6.45, 7) is 8.58. The molecule has 4 saturated heterocycles. The number of methoxy groups -OCH3 is 1. The van der Waals surface area contributed by atoms with Crippen LogP contribution in [0.5, 0.6) is 5.75 Å². The number of hydrogen-bond donors (Lipinski definition) is 3. The molecule has 49 heavy (non-hydrogen) atoms. The Labute approximate surface area is 288 Å². The zero-order chi connectivity index (χ0) is 33.6. The summed E-state index contributed by atoms with van der Waals surface area (Å²) in [5.41, 5.74) is 9.57. The van der Waals surface area contributed by atoms with Gasteiger partial charge < -0.3 is 40.5 Å². The van der Waals surface area contributed by atoms with Crippen molar-refractivity contribution < 1.29 is 14.3 Å². The summed E-state index contributed by atoms with van der Waals surface area (Å²) < 4.78 is 11.5. The highest BCUT2D eigenvalue weighted by atomic mass is 16.5. The Morgan fingerprint density at radius 2 is 1.71 bits per heavy atom. The van der Waals surface area contributed by atoms with Crippen LogP contribution in [0.15, 0.2) is 42.6 Å². The normalized spacial score (nSPS) is 23.6. The maximum atomic E-state index is 12.8. The first-order valence-electron chi connectivity index (χ1n) is 17.9. The van der Waals surface area contributed by atoms with Gasteiger partial charge in [-0.05, 0) is 107 Å². The number of nitrogens with one attached hydrogen (secondary N) is 2. The molecule has 2 spiro atoms. The number of carbonyl (C=O) groups excluding carboxylic acids is 1. The van der Waals surface area contributed by atoms with Crippen LogP contribution >= 0.6 is 0 Å². The lowest BCUT2D eigenvalue weighted by atomic mass is 9.72. The minimum absolute atomic E-state index is 0.0421. The molecule has 260 valence electrons. The number of anilines is 4. The second kappa shape index (κ2) is 13.0. The van der Waals surface area contributed by atoms with Crippen LogP contribution < -0.4 is 26.0 Å². The van der Waals surface area contributed by atoms with Gasteiger partial charge in [-0.15, -0.1) is 0 Å². The highest BCUT2D eigenvalue weighted by molar-refractivity contribution is 5.97. The van der Waals surface area contributed by atoms with Crippen molar-refractivity contribution in [3.8, 4) is 17.1 Å². The molecule has 0 radical (unpaired) electrons. The molecule has 1 aliphatic carbocycles. The molecule has 1 aromatic carbocycles. The Hall–Kier alpha value is -4.00. The van der Waals surface area contributed by atoms with Crippen molar-refractivity contribution in [2.75, 3.05) is 82.2 Å². The van der Waals surface area contributed by atoms with E-state index in [1.165, 1.54) is 57.5 Å². The van der Waals surface area contributed by atoms with Crippen LogP contribution in [-0.2, 0) is 4.74 Å². The summed E-state index contributed by atoms with van der Waals surface area (Å²) in [5.74, 6) is 0.697. The third-order valence-corrected chi connectivity index (χ3v) is 11.8. The Kier molecular flexibility index (Phi) is 8.57. The molecule has 4 aliphatic heterocycles. The van der Waals surface area contributed by atoms with Crippen molar-refractivity contribution in [2.24, 2.45) is 16.6 Å². The van der Waals surface area contributed by atoms with Gasteiger partial charge in [0, 0.05) is 67.9 Å². The number of benzene rings is 1. The van der Waals surface area contributed by atoms with Gasteiger partial charge in [0.1, 0.15) is 17.1 Å². The average Bonchev–Trinajstić information content (AvgIpc) is 3.89. The fourth-order valence-electron chi connectivity index (χ4n) is 8.78. The maximum Gasteiger partial charge on any atom is 0.271 e. The number of nitrogens with zero attached hydrogens (tertiary/aromatic N) is 6. The SMILES string of the molecule is COc1cccnc1-c1nc(C(N)=O)c(Nc2ccc(N3CCC(N4CCC5(CC4)CN(C)C5)CC3)cc2)nc1NC1CCOCC12CC2. The number of carbonyl (C=O) groups is 1. The minimum atomic E-state index is -0.675. The fraction of sp³-hybridized carbons (Fsp3) is 0.568. The van der Waals surface area contributed by atoms with Crippen LogP contribution in [0.4, 0.5) is 23.0 Å². The first-order valence-corrected chi connectivity index (χ1v) is 17.9. The summed E-state index contributed by atoms with van der Waals surface area (Å²) in [4.78, 5) is 34.8. The van der Waals surface area contributed by atoms with Crippen molar-refractivity contribution in [3.05, 3.63) is 48.3 Å². The van der Waals surface area contributed by atoms with Gasteiger partial charge >= 0.3 is 0 Å². The Morgan fingerprint density at radius 3 is 2.39 bits per heavy atom. The number of amides is 1. The standard InChI is InChI=1S/C37H49N9O3/c1-44-22-36(23-44)14-19-46(20-15-36)27-9-17-45(18-10-27)26-7-5-25(6-8-26)40-35-32(33(38)47)42-31(30-28(48-2)4-3-16-39-30)34(43-35)41-29-11-21-49-24-37(29)12-13-37/h3-8,16,27,29H,9-15,17-24H2,1-2H3,(H2,38,47)(H2,40,41,43). The summed E-state index contributed by atoms with van der Waals surface area (Å²) in [6, 6.07) is 12.8. The van der Waals surface area contributed by atoms with Crippen LogP contribution in [0.3, 0.4) is 0 Å². The van der Waals surface area contributed by atoms with E-state index in [2.05, 4.69) is 49.5 Å². The molecule has 5 fully saturated rings. The van der Waals surface area contributed by atoms with E-state index in [1.54, 1.807) is 19.4 Å². The van der Waals surface area contributed by atoms with Gasteiger partial charge in [-0.25, -0.2) is 9.97 Å². The molecule has 12 heteroatoms. The molecule has 4 N–H and O–H groups in total. The Morgan fingerprint density at radius 1 is 0.959 bits per heavy atom. The first kappa shape index (κ1) is 32.2. The van der Waals surface area contributed by atoms with Gasteiger partial charge in [0.05, 0.1) is 13.7 Å². The van der Waals surface area contributed by atoms with Gasteiger partial charge in [0.2, 0.25) is 0 Å². The van der Waals surface area contributed by atoms with Crippen molar-refractivity contribution in [2.45, 2.75) is 57.0 Å². The molecule has 0 bridgehead atoms. The van der Waals surface area contributed by atoms with Crippen LogP contribution in [-0.4, -0.2) is 109 Å². The van der Waals surface area contributed by atoms with Crippen LogP contribution in [0, 0.1) is 10.8 Å². The van der Waals surface area contributed by atoms with E-state index >= 15 is 0 Å². The van der Waals surface area contributed by atoms with Crippen LogP contribution in [0.1, 0.15) is 55.4 Å². The van der Waals surface area contributed by atoms with E-state index in [9.17, 15) is 4.79 Å². The lowest BCUT2D eigenvalue weighted by Gasteiger charge is -2.54. The summed E-state index contributed by atoms with van der Waals surface area (Å²) in [5, 5.41) is 7.04. The van der Waals surface area contributed by atoms with Crippen molar-refractivity contribution in [1.29, 1.82) is 0 Å². The zero-order valence-electron chi connectivity index (χ0n) is 28.8. The molecule has 1 unspecified atom stereocenters. The number of pyridine rings is 1. The van der Waals surface area contributed by atoms with Crippen LogP contribution in [0.25, 0.3) is 11.4 Å². The topological polar surface area (TPSA) is 134 Å². The number of ether oxygens (including phenoxy) is 2. The van der Waals surface area contributed by atoms with Gasteiger partial charge in [-0.2, -0.15) is 0 Å². The Balaban J connectivity index is 0.984. The van der Waals surface area contributed by atoms with E-state index in [-0.39, 0.29) is 17.2 Å². The smallest absolute Gasteiger partial charge is 0.271 e. The predicted molar refractivity (Wildman–Crippen MR) is 191 cm³/mol. The second-order valence-electron chi connectivity index (χ2n) is 15.0. The van der Waals surface area contributed by atoms with Gasteiger partial charge in [0.15, 0.2) is 17.3 Å². The highest BCUT2D eigenvalue weighted by Crippen LogP contribution is 2.53. The molecule has 6 heterocycles. The molecule has 12 nitrogen and oxygen atoms in total. The largest absolute Gasteiger partial charge is 0.494 e. The minimum Gasteiger partial charge on any atom is -0.494 e. The lowest BCUT2D eigenvalue weighted by Crippen LogP contribution is -2.60. The van der Waals surface area contributed by atoms with E-state index in [4.69, 9.17) is 25.2 Å². The molecule has 1 atom stereocenters. The molecule has 1 amide bonds. The third kappa shape index (κ3) is 6.41. The number of hydrogen-bond acceptors (Lipinski definition) is 11. The van der Waals surface area contributed by atoms with Crippen molar-refractivity contribution in [3.63, 3.8) is 0 Å². The predicted octanol–water partition coefficient (Wildman–Crippen LogP) is 4.37. The van der Waals surface area contributed by atoms with E-state index in [0.29, 0.717) is 46.8 Å². The lowest BCUT2D eigenvalue weighted by molar-refractivity contribution is -0.0419. The number of primary amides is 1. The molecule has 8 rings (SSSR count). The fourth-order valence-corrected chi connectivity index (χ4v) is 8.78. The molecule has 2 aromatic heterocycles. The van der Waals surface area contributed by atoms with Gasteiger partial charge in [-0.1, -0.05) is 0 Å². The van der Waals surface area contributed by atoms with Crippen LogP contribution in [0.2, 0.25) is 0 Å². The number of rotatable bonds is 9. The van der Waals surface area contributed by atoms with Crippen molar-refractivity contribution >= 4 is 28.9 Å². The Bertz CT molecular complexity index is 1660. The molecular formula is C37H49N9O3. The monoisotopic (exact) mass is 667 g/mol. The zero-order valence-corrected chi connectivity index (χ0v) is 28.8. The quantitative estimate of drug-likeness (QED) is 0.301. The number of likely N-dealkylation sites (tertiary alicyclic amines) is 2. The van der Waals surface area contributed by atoms with Crippen molar-refractivity contribution in [1.82, 2.24) is 24.8 Å². The molecule has 1 saturated carbocycles. The van der Waals surface area contributed by atoms with Gasteiger partial charge in [-0.3, -0.25) is 9.78 Å². The number of aromatic nitrogens is 3. The third-order valence-electron chi connectivity index (χ3n) is 11.8. The average molecular weight is 668 g/mol. The second-order valence-corrected chi connectivity index (χ2v) is 15.0. The maximum absolute atomic E-state index is 12.8. The van der Waals surface area contributed by atoms with E-state index < -0.39 is 5.91 Å². The van der Waals surface area contributed by atoms with Gasteiger partial charge in [0.25, 0.3) is 5.91 Å². The highest BCUT2D eigenvalue weighted by Gasteiger charge is 2.51. The summed E-state index contributed by atoms with van der Waals surface area (Å²) in [7, 11) is 3.83. The number of piperidine rings is 2. The number of nitrogens with two attached hydrogens (primary N) is 1. The van der Waals surface area contributed by atoms with E-state index in [1.807, 2.05) is 18.2 Å². The summed E-state index contributed by atoms with van der Waals surface area (Å²) >= 11 is 0. The molecule has 3 aromatic rings. The summed E-state index contributed by atoms with van der Waals surface area (Å²) in [6.07, 6.45) is 9.83. The molecule has 5 aliphatic rings. The first-order chi connectivity index (χ1) is 23.8. The van der Waals surface area contributed by atoms with E-state index in [0.717, 1.165) is 44.6 Å².